The Balaban J connectivity index is 3.27. The minimum atomic E-state index is -5.84. The Kier molecular flexibility index (Phi) is 3.60. The van der Waals surface area contributed by atoms with E-state index in [1.165, 1.54) is 0 Å². The van der Waals surface area contributed by atoms with Gasteiger partial charge in [0.25, 0.3) is 0 Å². The first-order valence-electron chi connectivity index (χ1n) is 4.12. The molecule has 0 bridgehead atoms. The molecule has 0 heterocycles. The molecule has 1 aromatic rings. The van der Waals surface area contributed by atoms with Crippen molar-refractivity contribution in [2.75, 3.05) is 4.72 Å². The van der Waals surface area contributed by atoms with E-state index in [9.17, 15) is 35.2 Å². The quantitative estimate of drug-likeness (QED) is 0.684. The lowest BCUT2D eigenvalue weighted by Crippen LogP contribution is -2.30. The summed E-state index contributed by atoms with van der Waals surface area (Å²) in [6.45, 7) is 0. The van der Waals surface area contributed by atoms with E-state index >= 15 is 0 Å². The Labute approximate surface area is 97.5 Å². The number of aldehydes is 1. The van der Waals surface area contributed by atoms with E-state index in [1.807, 2.05) is 0 Å². The molecular weight excluding hydrogens is 285 g/mol. The van der Waals surface area contributed by atoms with Gasteiger partial charge in [-0.05, 0) is 12.1 Å². The van der Waals surface area contributed by atoms with Gasteiger partial charge in [0, 0.05) is 0 Å². The molecule has 0 unspecified atom stereocenters. The highest BCUT2D eigenvalue weighted by Crippen LogP contribution is 2.27. The summed E-state index contributed by atoms with van der Waals surface area (Å²) in [5, 5.41) is 0. The third kappa shape index (κ3) is 2.58. The van der Waals surface area contributed by atoms with Crippen LogP contribution in [0.25, 0.3) is 0 Å². The summed E-state index contributed by atoms with van der Waals surface area (Å²) in [4.78, 5) is 10.3. The molecule has 0 atom stereocenters. The van der Waals surface area contributed by atoms with Crippen LogP contribution in [0, 0.1) is 11.6 Å². The molecular formula is C8H4F5NO3S. The summed E-state index contributed by atoms with van der Waals surface area (Å²) in [5.41, 5.74) is -8.00. The maximum atomic E-state index is 13.3. The van der Waals surface area contributed by atoms with Crippen LogP contribution in [0.5, 0.6) is 0 Å². The zero-order chi connectivity index (χ0) is 14.1. The van der Waals surface area contributed by atoms with Crippen LogP contribution in [0.15, 0.2) is 12.1 Å². The SMILES string of the molecule is O=Cc1c(F)ccc(NS(=O)(=O)C(F)(F)F)c1F. The van der Waals surface area contributed by atoms with Gasteiger partial charge in [0.05, 0.1) is 11.3 Å². The smallest absolute Gasteiger partial charge is 0.298 e. The van der Waals surface area contributed by atoms with Gasteiger partial charge in [-0.2, -0.15) is 21.6 Å². The number of nitrogens with one attached hydrogen (secondary N) is 1. The van der Waals surface area contributed by atoms with Crippen LogP contribution in [0.4, 0.5) is 27.6 Å². The van der Waals surface area contributed by atoms with Gasteiger partial charge in [0.1, 0.15) is 5.82 Å². The molecule has 0 radical (unpaired) electrons. The Morgan fingerprint density at radius 1 is 1.17 bits per heavy atom. The van der Waals surface area contributed by atoms with Crippen LogP contribution in [0.2, 0.25) is 0 Å². The molecule has 0 fully saturated rings. The Morgan fingerprint density at radius 3 is 2.17 bits per heavy atom. The Morgan fingerprint density at radius 2 is 1.72 bits per heavy atom. The van der Waals surface area contributed by atoms with Crippen molar-refractivity contribution in [3.05, 3.63) is 29.3 Å². The second-order valence-corrected chi connectivity index (χ2v) is 4.67. The number of anilines is 1. The summed E-state index contributed by atoms with van der Waals surface area (Å²) >= 11 is 0. The number of hydrogen-bond donors (Lipinski definition) is 1. The van der Waals surface area contributed by atoms with Gasteiger partial charge in [-0.1, -0.05) is 0 Å². The highest BCUT2D eigenvalue weighted by atomic mass is 32.2. The van der Waals surface area contributed by atoms with E-state index < -0.39 is 38.4 Å². The van der Waals surface area contributed by atoms with E-state index in [0.717, 1.165) is 4.72 Å². The van der Waals surface area contributed by atoms with Crippen LogP contribution < -0.4 is 4.72 Å². The predicted octanol–water partition coefficient (Wildman–Crippen LogP) is 2.04. The van der Waals surface area contributed by atoms with Crippen molar-refractivity contribution >= 4 is 22.0 Å². The number of carbonyl (C=O) groups is 1. The highest BCUT2D eigenvalue weighted by molar-refractivity contribution is 7.93. The number of sulfonamides is 1. The minimum Gasteiger partial charge on any atom is -0.298 e. The number of hydrogen-bond acceptors (Lipinski definition) is 3. The Bertz CT molecular complexity index is 581. The number of benzene rings is 1. The fourth-order valence-corrected chi connectivity index (χ4v) is 1.52. The zero-order valence-corrected chi connectivity index (χ0v) is 9.07. The van der Waals surface area contributed by atoms with E-state index in [0.29, 0.717) is 12.1 Å². The van der Waals surface area contributed by atoms with Crippen molar-refractivity contribution in [1.29, 1.82) is 0 Å². The van der Waals surface area contributed by atoms with Crippen molar-refractivity contribution in [2.45, 2.75) is 5.51 Å². The van der Waals surface area contributed by atoms with E-state index in [-0.39, 0.29) is 6.29 Å². The molecule has 1 rings (SSSR count). The number of carbonyl (C=O) groups excluding carboxylic acids is 1. The average molecular weight is 289 g/mol. The van der Waals surface area contributed by atoms with Gasteiger partial charge in [-0.3, -0.25) is 9.52 Å². The molecule has 4 nitrogen and oxygen atoms in total. The van der Waals surface area contributed by atoms with Crippen molar-refractivity contribution in [2.24, 2.45) is 0 Å². The number of halogens is 5. The minimum absolute atomic E-state index is 0.282. The maximum absolute atomic E-state index is 13.3. The molecule has 1 aromatic carbocycles. The van der Waals surface area contributed by atoms with Crippen molar-refractivity contribution in [1.82, 2.24) is 0 Å². The average Bonchev–Trinajstić information content (AvgIpc) is 2.21. The molecule has 100 valence electrons. The van der Waals surface area contributed by atoms with Gasteiger partial charge >= 0.3 is 15.5 Å². The molecule has 0 aromatic heterocycles. The second kappa shape index (κ2) is 4.52. The fraction of sp³-hybridized carbons (Fsp3) is 0.125. The van der Waals surface area contributed by atoms with E-state index in [4.69, 9.17) is 0 Å². The highest BCUT2D eigenvalue weighted by Gasteiger charge is 2.46. The summed E-state index contributed by atoms with van der Waals surface area (Å²) in [6, 6.07) is 0.891. The molecule has 0 spiro atoms. The number of rotatable bonds is 3. The summed E-state index contributed by atoms with van der Waals surface area (Å²) in [5.74, 6) is -3.05. The molecule has 0 saturated carbocycles. The van der Waals surface area contributed by atoms with Gasteiger partial charge in [-0.15, -0.1) is 0 Å². The zero-order valence-electron chi connectivity index (χ0n) is 8.25. The van der Waals surface area contributed by atoms with Crippen LogP contribution in [0.3, 0.4) is 0 Å². The van der Waals surface area contributed by atoms with Crippen LogP contribution in [0.1, 0.15) is 10.4 Å². The lowest BCUT2D eigenvalue weighted by molar-refractivity contribution is -0.0429. The standard InChI is InChI=1S/C8H4F5NO3S/c9-5-1-2-6(7(10)4(5)3-15)14-18(16,17)8(11,12)13/h1-3,14H. The van der Waals surface area contributed by atoms with E-state index in [2.05, 4.69) is 0 Å². The fourth-order valence-electron chi connectivity index (χ4n) is 0.959. The van der Waals surface area contributed by atoms with Crippen LogP contribution in [-0.2, 0) is 10.0 Å². The van der Waals surface area contributed by atoms with Crippen molar-refractivity contribution in [3.8, 4) is 0 Å². The van der Waals surface area contributed by atoms with Gasteiger partial charge in [-0.25, -0.2) is 8.78 Å². The van der Waals surface area contributed by atoms with Gasteiger partial charge < -0.3 is 0 Å². The molecule has 1 N–H and O–H groups in total. The summed E-state index contributed by atoms with van der Waals surface area (Å²) in [6.07, 6.45) is -0.282. The summed E-state index contributed by atoms with van der Waals surface area (Å²) in [7, 11) is -5.84. The molecule has 18 heavy (non-hydrogen) atoms. The lowest BCUT2D eigenvalue weighted by Gasteiger charge is -2.11. The van der Waals surface area contributed by atoms with Gasteiger partial charge in [0.2, 0.25) is 0 Å². The van der Waals surface area contributed by atoms with Crippen molar-refractivity contribution in [3.63, 3.8) is 0 Å². The van der Waals surface area contributed by atoms with Crippen LogP contribution in [-0.4, -0.2) is 20.2 Å². The third-order valence-electron chi connectivity index (χ3n) is 1.79. The molecule has 0 aliphatic carbocycles. The first-order chi connectivity index (χ1) is 8.10. The largest absolute Gasteiger partial charge is 0.516 e. The number of alkyl halides is 3. The topological polar surface area (TPSA) is 63.2 Å². The molecule has 0 aliphatic heterocycles. The Hall–Kier alpha value is -1.71. The normalized spacial score (nSPS) is 12.3. The van der Waals surface area contributed by atoms with Crippen molar-refractivity contribution < 1.29 is 35.2 Å². The first-order valence-corrected chi connectivity index (χ1v) is 5.60. The molecule has 10 heteroatoms. The first kappa shape index (κ1) is 14.4. The molecule has 0 amide bonds. The maximum Gasteiger partial charge on any atom is 0.516 e. The predicted molar refractivity (Wildman–Crippen MR) is 50.3 cm³/mol. The second-order valence-electron chi connectivity index (χ2n) is 2.99. The summed E-state index contributed by atoms with van der Waals surface area (Å²) < 4.78 is 84.3. The molecule has 0 aliphatic rings. The monoisotopic (exact) mass is 289 g/mol. The lowest BCUT2D eigenvalue weighted by atomic mass is 10.2. The van der Waals surface area contributed by atoms with Gasteiger partial charge in [0.15, 0.2) is 12.1 Å². The van der Waals surface area contributed by atoms with Crippen LogP contribution >= 0.6 is 0 Å². The third-order valence-corrected chi connectivity index (χ3v) is 2.89. The molecule has 0 saturated heterocycles. The van der Waals surface area contributed by atoms with E-state index in [1.54, 1.807) is 0 Å².